The molecule has 2 aromatic heterocycles. The Hall–Kier alpha value is -1.56. The third kappa shape index (κ3) is 5.14. The highest BCUT2D eigenvalue weighted by Gasteiger charge is 2.36. The minimum absolute atomic E-state index is 0.00200. The number of carbonyl (C=O) groups excluding carboxylic acids is 1. The summed E-state index contributed by atoms with van der Waals surface area (Å²) in [5, 5.41) is 0.692. The predicted molar refractivity (Wildman–Crippen MR) is 141 cm³/mol. The Labute approximate surface area is 218 Å². The molecule has 0 spiro atoms. The number of anilines is 1. The number of amides is 1. The van der Waals surface area contributed by atoms with E-state index in [1.807, 2.05) is 6.92 Å². The maximum Gasteiger partial charge on any atom is 0.252 e. The van der Waals surface area contributed by atoms with Crippen molar-refractivity contribution < 1.29 is 17.9 Å². The summed E-state index contributed by atoms with van der Waals surface area (Å²) in [7, 11) is -3.60. The van der Waals surface area contributed by atoms with Gasteiger partial charge in [0.15, 0.2) is 5.13 Å². The van der Waals surface area contributed by atoms with Crippen LogP contribution in [0.4, 0.5) is 5.13 Å². The van der Waals surface area contributed by atoms with Crippen LogP contribution in [0.1, 0.15) is 36.8 Å². The summed E-state index contributed by atoms with van der Waals surface area (Å²) in [6, 6.07) is 7.32. The third-order valence-corrected chi connectivity index (χ3v) is 11.5. The van der Waals surface area contributed by atoms with Gasteiger partial charge in [0.2, 0.25) is 5.91 Å². The second-order valence-electron chi connectivity index (χ2n) is 9.25. The van der Waals surface area contributed by atoms with E-state index < -0.39 is 10.0 Å². The number of sulfonamides is 1. The van der Waals surface area contributed by atoms with Crippen LogP contribution < -0.4 is 4.90 Å². The van der Waals surface area contributed by atoms with Crippen LogP contribution in [-0.2, 0) is 19.6 Å². The average molecular weight is 554 g/mol. The number of halogens is 1. The molecule has 1 aromatic carbocycles. The van der Waals surface area contributed by atoms with Gasteiger partial charge >= 0.3 is 0 Å². The second kappa shape index (κ2) is 10.1. The van der Waals surface area contributed by atoms with E-state index in [4.69, 9.17) is 21.3 Å². The predicted octanol–water partition coefficient (Wildman–Crippen LogP) is 5.24. The molecular formula is C24H28ClN3O4S3. The van der Waals surface area contributed by atoms with Gasteiger partial charge in [-0.2, -0.15) is 4.31 Å². The maximum absolute atomic E-state index is 13.8. The van der Waals surface area contributed by atoms with Gasteiger partial charge in [-0.05, 0) is 68.9 Å². The van der Waals surface area contributed by atoms with Crippen LogP contribution >= 0.6 is 34.3 Å². The number of benzene rings is 1. The summed E-state index contributed by atoms with van der Waals surface area (Å²) in [6.45, 7) is 5.92. The zero-order valence-electron chi connectivity index (χ0n) is 19.7. The minimum Gasteiger partial charge on any atom is -0.376 e. The van der Waals surface area contributed by atoms with Crippen LogP contribution in [-0.4, -0.2) is 56.0 Å². The maximum atomic E-state index is 13.8. The molecule has 11 heteroatoms. The molecule has 0 saturated carbocycles. The fourth-order valence-corrected chi connectivity index (χ4v) is 9.00. The molecule has 0 bridgehead atoms. The van der Waals surface area contributed by atoms with Gasteiger partial charge in [0, 0.05) is 25.6 Å². The van der Waals surface area contributed by atoms with E-state index in [-0.39, 0.29) is 22.1 Å². The molecule has 0 N–H and O–H groups in total. The molecule has 2 aliphatic rings. The van der Waals surface area contributed by atoms with Gasteiger partial charge < -0.3 is 4.74 Å². The number of aryl methyl sites for hydroxylation is 2. The number of fused-ring (bicyclic) bond motifs is 1. The van der Waals surface area contributed by atoms with Crippen molar-refractivity contribution in [1.29, 1.82) is 0 Å². The quantitative estimate of drug-likeness (QED) is 0.417. The zero-order chi connectivity index (χ0) is 24.7. The number of thiophene rings is 1. The van der Waals surface area contributed by atoms with Gasteiger partial charge in [-0.1, -0.05) is 29.0 Å². The van der Waals surface area contributed by atoms with Gasteiger partial charge in [-0.15, -0.1) is 11.3 Å². The van der Waals surface area contributed by atoms with E-state index in [0.29, 0.717) is 48.6 Å². The molecule has 1 unspecified atom stereocenters. The van der Waals surface area contributed by atoms with Gasteiger partial charge in [-0.3, -0.25) is 9.69 Å². The van der Waals surface area contributed by atoms with Crippen molar-refractivity contribution in [2.45, 2.75) is 49.8 Å². The minimum atomic E-state index is -3.60. The van der Waals surface area contributed by atoms with Crippen molar-refractivity contribution >= 4 is 65.6 Å². The number of ether oxygens (including phenoxy) is 1. The molecule has 35 heavy (non-hydrogen) atoms. The van der Waals surface area contributed by atoms with E-state index in [0.717, 1.165) is 45.5 Å². The molecule has 2 aliphatic heterocycles. The van der Waals surface area contributed by atoms with Crippen LogP contribution in [0.5, 0.6) is 0 Å². The molecular weight excluding hydrogens is 526 g/mol. The third-order valence-electron chi connectivity index (χ3n) is 6.66. The number of thiazole rings is 1. The molecule has 1 atom stereocenters. The fourth-order valence-electron chi connectivity index (χ4n) is 4.86. The average Bonchev–Trinajstić information content (AvgIpc) is 3.58. The molecule has 188 valence electrons. The Kier molecular flexibility index (Phi) is 7.22. The Bertz CT molecular complexity index is 1340. The normalized spacial score (nSPS) is 20.0. The Morgan fingerprint density at radius 2 is 1.97 bits per heavy atom. The van der Waals surface area contributed by atoms with Crippen LogP contribution in [0.2, 0.25) is 4.34 Å². The number of piperidine rings is 1. The Morgan fingerprint density at radius 3 is 2.63 bits per heavy atom. The first-order valence-corrected chi connectivity index (χ1v) is 15.2. The zero-order valence-corrected chi connectivity index (χ0v) is 22.9. The van der Waals surface area contributed by atoms with Gasteiger partial charge in [-0.25, -0.2) is 13.4 Å². The smallest absolute Gasteiger partial charge is 0.252 e. The van der Waals surface area contributed by atoms with E-state index in [2.05, 4.69) is 19.1 Å². The Balaban J connectivity index is 1.36. The molecule has 4 heterocycles. The fraction of sp³-hybridized carbons (Fsp3) is 0.500. The standard InChI is InChI=1S/C24H28ClN3O4S3/c1-15-12-16(2)22-19(13-15)26-24(34-22)28(14-18-4-3-11-32-18)23(29)17-7-9-27(10-8-17)35(30,31)21-6-5-20(25)33-21/h5-6,12-13,17-18H,3-4,7-11,14H2,1-2H3. The Morgan fingerprint density at radius 1 is 1.20 bits per heavy atom. The largest absolute Gasteiger partial charge is 0.376 e. The number of hydrogen-bond donors (Lipinski definition) is 0. The lowest BCUT2D eigenvalue weighted by Crippen LogP contribution is -2.46. The van der Waals surface area contributed by atoms with Crippen LogP contribution in [0.15, 0.2) is 28.5 Å². The van der Waals surface area contributed by atoms with E-state index in [1.165, 1.54) is 4.31 Å². The summed E-state index contributed by atoms with van der Waals surface area (Å²) >= 11 is 8.55. The molecule has 2 fully saturated rings. The topological polar surface area (TPSA) is 79.8 Å². The number of aromatic nitrogens is 1. The van der Waals surface area contributed by atoms with Crippen molar-refractivity contribution in [3.8, 4) is 0 Å². The second-order valence-corrected chi connectivity index (χ2v) is 14.1. The van der Waals surface area contributed by atoms with Gasteiger partial charge in [0.05, 0.1) is 27.2 Å². The lowest BCUT2D eigenvalue weighted by molar-refractivity contribution is -0.123. The summed E-state index contributed by atoms with van der Waals surface area (Å²) in [5.41, 5.74) is 3.20. The van der Waals surface area contributed by atoms with E-state index in [1.54, 1.807) is 28.4 Å². The lowest BCUT2D eigenvalue weighted by atomic mass is 9.96. The molecule has 2 saturated heterocycles. The first kappa shape index (κ1) is 25.1. The van der Waals surface area contributed by atoms with E-state index >= 15 is 0 Å². The highest BCUT2D eigenvalue weighted by atomic mass is 35.5. The lowest BCUT2D eigenvalue weighted by Gasteiger charge is -2.33. The monoisotopic (exact) mass is 553 g/mol. The first-order valence-electron chi connectivity index (χ1n) is 11.8. The van der Waals surface area contributed by atoms with Crippen LogP contribution in [0.25, 0.3) is 10.2 Å². The summed E-state index contributed by atoms with van der Waals surface area (Å²) < 4.78 is 35.1. The summed E-state index contributed by atoms with van der Waals surface area (Å²) in [4.78, 5) is 20.4. The van der Waals surface area contributed by atoms with Gasteiger partial charge in [0.1, 0.15) is 4.21 Å². The molecule has 0 aliphatic carbocycles. The molecule has 5 rings (SSSR count). The van der Waals surface area contributed by atoms with Crippen molar-refractivity contribution in [3.05, 3.63) is 39.7 Å². The molecule has 7 nitrogen and oxygen atoms in total. The SMILES string of the molecule is Cc1cc(C)c2sc(N(CC3CCCO3)C(=O)C3CCN(S(=O)(=O)c4ccc(Cl)s4)CC3)nc2c1. The van der Waals surface area contributed by atoms with Crippen LogP contribution in [0.3, 0.4) is 0 Å². The van der Waals surface area contributed by atoms with Crippen LogP contribution in [0, 0.1) is 19.8 Å². The van der Waals surface area contributed by atoms with E-state index in [9.17, 15) is 13.2 Å². The van der Waals surface area contributed by atoms with Crippen molar-refractivity contribution in [2.24, 2.45) is 5.92 Å². The van der Waals surface area contributed by atoms with Gasteiger partial charge in [0.25, 0.3) is 10.0 Å². The van der Waals surface area contributed by atoms with Crippen molar-refractivity contribution in [2.75, 3.05) is 31.1 Å². The number of carbonyl (C=O) groups is 1. The first-order chi connectivity index (χ1) is 16.7. The molecule has 0 radical (unpaired) electrons. The number of nitrogens with zero attached hydrogens (tertiary/aromatic N) is 3. The van der Waals surface area contributed by atoms with Crippen molar-refractivity contribution in [1.82, 2.24) is 9.29 Å². The molecule has 3 aromatic rings. The highest BCUT2D eigenvalue weighted by Crippen LogP contribution is 2.35. The summed E-state index contributed by atoms with van der Waals surface area (Å²) in [5.74, 6) is -0.255. The highest BCUT2D eigenvalue weighted by molar-refractivity contribution is 7.91. The molecule has 1 amide bonds. The number of rotatable bonds is 6. The van der Waals surface area contributed by atoms with Crippen molar-refractivity contribution in [3.63, 3.8) is 0 Å². The summed E-state index contributed by atoms with van der Waals surface area (Å²) in [6.07, 6.45) is 2.86. The number of hydrogen-bond acceptors (Lipinski definition) is 7.